The molecule has 0 aromatic carbocycles. The molecule has 0 aromatic rings. The van der Waals surface area contributed by atoms with Crippen LogP contribution < -0.4 is 5.73 Å². The van der Waals surface area contributed by atoms with Crippen LogP contribution in [0, 0.1) is 5.41 Å². The van der Waals surface area contributed by atoms with Crippen LogP contribution in [0.1, 0.15) is 46.5 Å². The highest BCUT2D eigenvalue weighted by Crippen LogP contribution is 2.21. The van der Waals surface area contributed by atoms with Crippen molar-refractivity contribution in [2.45, 2.75) is 46.5 Å². The highest BCUT2D eigenvalue weighted by Gasteiger charge is 2.26. The Labute approximate surface area is 130 Å². The molecule has 1 rings (SSSR count). The predicted molar refractivity (Wildman–Crippen MR) is 88.8 cm³/mol. The van der Waals surface area contributed by atoms with Crippen molar-refractivity contribution in [1.29, 1.82) is 0 Å². The largest absolute Gasteiger partial charge is 0.330 e. The predicted octanol–water partition coefficient (Wildman–Crippen LogP) is 1.50. The standard InChI is InChI=1S/C15H33N3O2S/c1-15(2,3)7-14-21(19,20)18-11-6-10-17(12-13-18)9-5-4-8-16/h4-14,16H2,1-3H3. The molecule has 2 N–H and O–H groups in total. The average molecular weight is 320 g/mol. The van der Waals surface area contributed by atoms with Crippen LogP contribution in [0.25, 0.3) is 0 Å². The maximum Gasteiger partial charge on any atom is 0.214 e. The fraction of sp³-hybridized carbons (Fsp3) is 1.00. The minimum absolute atomic E-state index is 0.0627. The Morgan fingerprint density at radius 3 is 2.38 bits per heavy atom. The first-order valence-electron chi connectivity index (χ1n) is 8.15. The van der Waals surface area contributed by atoms with E-state index in [-0.39, 0.29) is 11.2 Å². The molecule has 1 heterocycles. The van der Waals surface area contributed by atoms with E-state index >= 15 is 0 Å². The molecule has 0 aromatic heterocycles. The topological polar surface area (TPSA) is 66.6 Å². The van der Waals surface area contributed by atoms with Crippen LogP contribution in [0.4, 0.5) is 0 Å². The van der Waals surface area contributed by atoms with Crippen molar-refractivity contribution in [2.75, 3.05) is 45.0 Å². The Hall–Kier alpha value is -0.170. The lowest BCUT2D eigenvalue weighted by Gasteiger charge is -2.24. The van der Waals surface area contributed by atoms with Gasteiger partial charge in [0.25, 0.3) is 0 Å². The van der Waals surface area contributed by atoms with Gasteiger partial charge in [0.15, 0.2) is 0 Å². The number of hydrogen-bond acceptors (Lipinski definition) is 4. The minimum atomic E-state index is -3.10. The third-order valence-electron chi connectivity index (χ3n) is 3.98. The molecule has 0 unspecified atom stereocenters. The molecule has 5 nitrogen and oxygen atoms in total. The molecule has 0 aliphatic carbocycles. The Kier molecular flexibility index (Phi) is 7.60. The fourth-order valence-corrected chi connectivity index (χ4v) is 4.39. The lowest BCUT2D eigenvalue weighted by Crippen LogP contribution is -2.37. The summed E-state index contributed by atoms with van der Waals surface area (Å²) in [6, 6.07) is 0. The summed E-state index contributed by atoms with van der Waals surface area (Å²) in [4.78, 5) is 2.37. The van der Waals surface area contributed by atoms with Crippen LogP contribution in [-0.4, -0.2) is 62.6 Å². The Morgan fingerprint density at radius 1 is 1.05 bits per heavy atom. The van der Waals surface area contributed by atoms with Crippen LogP contribution in [-0.2, 0) is 10.0 Å². The molecular weight excluding hydrogens is 286 g/mol. The second-order valence-corrected chi connectivity index (χ2v) is 9.31. The number of hydrogen-bond donors (Lipinski definition) is 1. The number of unbranched alkanes of at least 4 members (excludes halogenated alkanes) is 1. The van der Waals surface area contributed by atoms with Gasteiger partial charge in [-0.05, 0) is 50.7 Å². The number of rotatable bonds is 7. The SMILES string of the molecule is CC(C)(C)CCS(=O)(=O)N1CCCN(CCCCN)CC1. The van der Waals surface area contributed by atoms with Gasteiger partial charge in [-0.2, -0.15) is 0 Å². The van der Waals surface area contributed by atoms with Gasteiger partial charge in [0.1, 0.15) is 0 Å². The summed E-state index contributed by atoms with van der Waals surface area (Å²) < 4.78 is 26.6. The number of nitrogens with zero attached hydrogens (tertiary/aromatic N) is 2. The lowest BCUT2D eigenvalue weighted by molar-refractivity contribution is 0.281. The molecular formula is C15H33N3O2S. The molecule has 0 spiro atoms. The highest BCUT2D eigenvalue weighted by atomic mass is 32.2. The van der Waals surface area contributed by atoms with Gasteiger partial charge in [-0.3, -0.25) is 0 Å². The second-order valence-electron chi connectivity index (χ2n) is 7.22. The monoisotopic (exact) mass is 319 g/mol. The van der Waals surface area contributed by atoms with E-state index in [2.05, 4.69) is 25.7 Å². The molecule has 0 atom stereocenters. The Balaban J connectivity index is 2.46. The number of nitrogens with two attached hydrogens (primary N) is 1. The molecule has 21 heavy (non-hydrogen) atoms. The smallest absolute Gasteiger partial charge is 0.214 e. The molecule has 126 valence electrons. The van der Waals surface area contributed by atoms with Crippen molar-refractivity contribution < 1.29 is 8.42 Å². The van der Waals surface area contributed by atoms with Gasteiger partial charge in [0, 0.05) is 19.6 Å². The summed E-state index contributed by atoms with van der Waals surface area (Å²) in [5.41, 5.74) is 5.58. The second kappa shape index (κ2) is 8.46. The highest BCUT2D eigenvalue weighted by molar-refractivity contribution is 7.89. The van der Waals surface area contributed by atoms with E-state index in [0.29, 0.717) is 19.5 Å². The Bertz CT molecular complexity index is 390. The van der Waals surface area contributed by atoms with Crippen molar-refractivity contribution in [3.63, 3.8) is 0 Å². The molecule has 0 saturated carbocycles. The van der Waals surface area contributed by atoms with Gasteiger partial charge in [0.05, 0.1) is 5.75 Å². The van der Waals surface area contributed by atoms with Crippen LogP contribution >= 0.6 is 0 Å². The first-order chi connectivity index (χ1) is 9.74. The third kappa shape index (κ3) is 7.58. The summed E-state index contributed by atoms with van der Waals surface area (Å²) in [6.45, 7) is 11.2. The summed E-state index contributed by atoms with van der Waals surface area (Å²) in [6.07, 6.45) is 3.79. The zero-order valence-electron chi connectivity index (χ0n) is 14.0. The van der Waals surface area contributed by atoms with Gasteiger partial charge in [-0.25, -0.2) is 12.7 Å². The number of sulfonamides is 1. The normalized spacial score (nSPS) is 19.6. The van der Waals surface area contributed by atoms with Crippen molar-refractivity contribution in [3.8, 4) is 0 Å². The van der Waals surface area contributed by atoms with E-state index in [9.17, 15) is 8.42 Å². The van der Waals surface area contributed by atoms with E-state index in [1.165, 1.54) is 0 Å². The quantitative estimate of drug-likeness (QED) is 0.722. The summed E-state index contributed by atoms with van der Waals surface area (Å²) in [5, 5.41) is 0. The van der Waals surface area contributed by atoms with Gasteiger partial charge < -0.3 is 10.6 Å². The molecule has 1 saturated heterocycles. The summed E-state index contributed by atoms with van der Waals surface area (Å²) >= 11 is 0. The molecule has 6 heteroatoms. The van der Waals surface area contributed by atoms with Gasteiger partial charge in [0.2, 0.25) is 10.0 Å². The van der Waals surface area contributed by atoms with Gasteiger partial charge in [-0.15, -0.1) is 0 Å². The van der Waals surface area contributed by atoms with Crippen LogP contribution in [0.2, 0.25) is 0 Å². The van der Waals surface area contributed by atoms with Crippen LogP contribution in [0.15, 0.2) is 0 Å². The van der Waals surface area contributed by atoms with E-state index in [1.54, 1.807) is 4.31 Å². The molecule has 0 radical (unpaired) electrons. The van der Waals surface area contributed by atoms with Crippen LogP contribution in [0.5, 0.6) is 0 Å². The zero-order chi connectivity index (χ0) is 15.9. The maximum absolute atomic E-state index is 12.4. The molecule has 0 bridgehead atoms. The molecule has 1 aliphatic rings. The van der Waals surface area contributed by atoms with E-state index in [1.807, 2.05) is 0 Å². The minimum Gasteiger partial charge on any atom is -0.330 e. The van der Waals surface area contributed by atoms with E-state index < -0.39 is 10.0 Å². The van der Waals surface area contributed by atoms with Gasteiger partial charge in [-0.1, -0.05) is 20.8 Å². The van der Waals surface area contributed by atoms with Crippen molar-refractivity contribution in [1.82, 2.24) is 9.21 Å². The first kappa shape index (κ1) is 18.9. The maximum atomic E-state index is 12.4. The van der Waals surface area contributed by atoms with Crippen LogP contribution in [0.3, 0.4) is 0 Å². The van der Waals surface area contributed by atoms with Crippen molar-refractivity contribution >= 4 is 10.0 Å². The first-order valence-corrected chi connectivity index (χ1v) is 9.76. The third-order valence-corrected chi connectivity index (χ3v) is 5.85. The molecule has 0 amide bonds. The molecule has 1 aliphatic heterocycles. The zero-order valence-corrected chi connectivity index (χ0v) is 14.8. The van der Waals surface area contributed by atoms with E-state index in [4.69, 9.17) is 5.73 Å². The summed E-state index contributed by atoms with van der Waals surface area (Å²) in [5.74, 6) is 0.268. The van der Waals surface area contributed by atoms with Gasteiger partial charge >= 0.3 is 0 Å². The van der Waals surface area contributed by atoms with E-state index in [0.717, 1.165) is 45.4 Å². The summed E-state index contributed by atoms with van der Waals surface area (Å²) in [7, 11) is -3.10. The fourth-order valence-electron chi connectivity index (χ4n) is 2.49. The molecule has 1 fully saturated rings. The lowest BCUT2D eigenvalue weighted by atomic mass is 9.94. The Morgan fingerprint density at radius 2 is 1.76 bits per heavy atom. The van der Waals surface area contributed by atoms with Crippen molar-refractivity contribution in [2.24, 2.45) is 11.1 Å². The van der Waals surface area contributed by atoms with Crippen molar-refractivity contribution in [3.05, 3.63) is 0 Å². The average Bonchev–Trinajstić information content (AvgIpc) is 2.62.